The lowest BCUT2D eigenvalue weighted by Crippen LogP contribution is -2.20. The fourth-order valence-electron chi connectivity index (χ4n) is 3.14. The van der Waals surface area contributed by atoms with E-state index in [-0.39, 0.29) is 10.4 Å². The molecule has 0 unspecified atom stereocenters. The van der Waals surface area contributed by atoms with Crippen molar-refractivity contribution in [1.29, 1.82) is 0 Å². The van der Waals surface area contributed by atoms with E-state index in [4.69, 9.17) is 4.74 Å². The van der Waals surface area contributed by atoms with Crippen LogP contribution in [0, 0.1) is 22.9 Å². The van der Waals surface area contributed by atoms with E-state index in [9.17, 15) is 24.1 Å². The Morgan fingerprint density at radius 1 is 1.44 bits per heavy atom. The number of esters is 1. The minimum Gasteiger partial charge on any atom is -0.415 e. The molecule has 0 saturated carbocycles. The van der Waals surface area contributed by atoms with Crippen LogP contribution in [0.4, 0.5) is 10.1 Å². The van der Waals surface area contributed by atoms with Gasteiger partial charge in [0.15, 0.2) is 0 Å². The lowest BCUT2D eigenvalue weighted by Gasteiger charge is -2.04. The highest BCUT2D eigenvalue weighted by Crippen LogP contribution is 2.32. The molecule has 0 saturated heterocycles. The predicted octanol–water partition coefficient (Wildman–Crippen LogP) is 2.98. The molecule has 8 nitrogen and oxygen atoms in total. The summed E-state index contributed by atoms with van der Waals surface area (Å²) in [6, 6.07) is 2.61. The first-order chi connectivity index (χ1) is 12.9. The van der Waals surface area contributed by atoms with Crippen molar-refractivity contribution < 1.29 is 18.8 Å². The van der Waals surface area contributed by atoms with Crippen LogP contribution in [0.1, 0.15) is 27.5 Å². The third-order valence-corrected chi connectivity index (χ3v) is 5.58. The molecule has 0 atom stereocenters. The first-order valence-electron chi connectivity index (χ1n) is 8.05. The van der Waals surface area contributed by atoms with Crippen LogP contribution in [0.3, 0.4) is 0 Å². The summed E-state index contributed by atoms with van der Waals surface area (Å²) in [7, 11) is 0. The lowest BCUT2D eigenvalue weighted by atomic mass is 10.2. The molecule has 4 rings (SSSR count). The van der Waals surface area contributed by atoms with Gasteiger partial charge in [-0.2, -0.15) is 0 Å². The molecule has 0 amide bonds. The summed E-state index contributed by atoms with van der Waals surface area (Å²) in [5.41, 5.74) is -0.337. The standard InChI is InChI=1S/C17H12FN3O5S/c1-8-13-15(19-12-3-2-6-20(12)16(13)22)27-14(8)17(23)26-11-7-9(18)4-5-10(11)21(24)25/h4-5,7H,2-3,6H2,1H3. The molecule has 0 radical (unpaired) electrons. The number of carbonyl (C=O) groups is 1. The van der Waals surface area contributed by atoms with Gasteiger partial charge in [-0.15, -0.1) is 11.3 Å². The number of nitro groups is 1. The monoisotopic (exact) mass is 389 g/mol. The van der Waals surface area contributed by atoms with Crippen molar-refractivity contribution >= 4 is 33.2 Å². The molecule has 0 aliphatic carbocycles. The summed E-state index contributed by atoms with van der Waals surface area (Å²) in [6.07, 6.45) is 1.54. The highest BCUT2D eigenvalue weighted by molar-refractivity contribution is 7.20. The van der Waals surface area contributed by atoms with Gasteiger partial charge in [-0.05, 0) is 25.0 Å². The molecule has 0 bridgehead atoms. The van der Waals surface area contributed by atoms with E-state index in [0.29, 0.717) is 34.6 Å². The number of thiophene rings is 1. The van der Waals surface area contributed by atoms with Crippen molar-refractivity contribution in [2.75, 3.05) is 0 Å². The van der Waals surface area contributed by atoms with Crippen molar-refractivity contribution in [1.82, 2.24) is 9.55 Å². The first kappa shape index (κ1) is 17.3. The molecule has 0 spiro atoms. The third-order valence-electron chi connectivity index (χ3n) is 4.42. The van der Waals surface area contributed by atoms with E-state index in [1.54, 1.807) is 11.5 Å². The maximum Gasteiger partial charge on any atom is 0.354 e. The maximum absolute atomic E-state index is 13.4. The fraction of sp³-hybridized carbons (Fsp3) is 0.235. The van der Waals surface area contributed by atoms with Gasteiger partial charge >= 0.3 is 11.7 Å². The third kappa shape index (κ3) is 2.78. The van der Waals surface area contributed by atoms with Gasteiger partial charge in [0.05, 0.1) is 10.3 Å². The molecule has 3 aromatic rings. The van der Waals surface area contributed by atoms with E-state index < -0.39 is 28.1 Å². The Morgan fingerprint density at radius 3 is 2.96 bits per heavy atom. The number of fused-ring (bicyclic) bond motifs is 2. The van der Waals surface area contributed by atoms with Crippen LogP contribution >= 0.6 is 11.3 Å². The number of hydrogen-bond acceptors (Lipinski definition) is 7. The van der Waals surface area contributed by atoms with E-state index in [2.05, 4.69) is 4.98 Å². The molecule has 1 aromatic carbocycles. The van der Waals surface area contributed by atoms with E-state index in [0.717, 1.165) is 36.0 Å². The molecular formula is C17H12FN3O5S. The highest BCUT2D eigenvalue weighted by atomic mass is 32.1. The average Bonchev–Trinajstić information content (AvgIpc) is 3.20. The SMILES string of the molecule is Cc1c(C(=O)Oc2cc(F)ccc2[N+](=O)[O-])sc2nc3n(c(=O)c12)CCC3. The Kier molecular flexibility index (Phi) is 3.99. The van der Waals surface area contributed by atoms with Crippen LogP contribution in [0.25, 0.3) is 10.2 Å². The Labute approximate surface area is 155 Å². The van der Waals surface area contributed by atoms with Gasteiger partial charge in [-0.1, -0.05) is 0 Å². The zero-order valence-electron chi connectivity index (χ0n) is 14.0. The second kappa shape index (κ2) is 6.23. The van der Waals surface area contributed by atoms with E-state index in [1.807, 2.05) is 0 Å². The zero-order chi connectivity index (χ0) is 19.3. The number of rotatable bonds is 3. The van der Waals surface area contributed by atoms with Gasteiger partial charge in [0, 0.05) is 25.1 Å². The molecule has 2 aromatic heterocycles. The van der Waals surface area contributed by atoms with Crippen molar-refractivity contribution in [2.45, 2.75) is 26.3 Å². The van der Waals surface area contributed by atoms with Crippen molar-refractivity contribution in [3.8, 4) is 5.75 Å². The minimum absolute atomic E-state index is 0.109. The van der Waals surface area contributed by atoms with Crippen molar-refractivity contribution in [3.05, 3.63) is 60.7 Å². The van der Waals surface area contributed by atoms with E-state index >= 15 is 0 Å². The average molecular weight is 389 g/mol. The Bertz CT molecular complexity index is 1180. The van der Waals surface area contributed by atoms with Gasteiger partial charge in [-0.3, -0.25) is 19.5 Å². The molecule has 1 aliphatic heterocycles. The zero-order valence-corrected chi connectivity index (χ0v) is 14.8. The normalized spacial score (nSPS) is 13.0. The van der Waals surface area contributed by atoms with Crippen LogP contribution in [0.2, 0.25) is 0 Å². The van der Waals surface area contributed by atoms with Gasteiger partial charge in [-0.25, -0.2) is 14.2 Å². The van der Waals surface area contributed by atoms with Gasteiger partial charge in [0.25, 0.3) is 5.56 Å². The molecule has 3 heterocycles. The van der Waals surface area contributed by atoms with Crippen LogP contribution in [0.5, 0.6) is 5.75 Å². The first-order valence-corrected chi connectivity index (χ1v) is 8.87. The van der Waals surface area contributed by atoms with Crippen LogP contribution in [-0.2, 0) is 13.0 Å². The van der Waals surface area contributed by atoms with Crippen molar-refractivity contribution in [3.63, 3.8) is 0 Å². The second-order valence-corrected chi connectivity index (χ2v) is 7.08. The molecule has 138 valence electrons. The summed E-state index contributed by atoms with van der Waals surface area (Å²) >= 11 is 0.987. The number of benzene rings is 1. The number of aryl methyl sites for hydroxylation is 2. The molecule has 1 aliphatic rings. The Morgan fingerprint density at radius 2 is 2.22 bits per heavy atom. The highest BCUT2D eigenvalue weighted by Gasteiger charge is 2.26. The van der Waals surface area contributed by atoms with Crippen molar-refractivity contribution in [2.24, 2.45) is 0 Å². The smallest absolute Gasteiger partial charge is 0.354 e. The largest absolute Gasteiger partial charge is 0.415 e. The summed E-state index contributed by atoms with van der Waals surface area (Å²) in [5, 5.41) is 11.4. The predicted molar refractivity (Wildman–Crippen MR) is 95.0 cm³/mol. The van der Waals surface area contributed by atoms with Crippen LogP contribution in [-0.4, -0.2) is 20.4 Å². The van der Waals surface area contributed by atoms with Gasteiger partial charge in [0.2, 0.25) is 5.75 Å². The maximum atomic E-state index is 13.4. The van der Waals surface area contributed by atoms with E-state index in [1.165, 1.54) is 0 Å². The number of halogens is 1. The molecule has 10 heteroatoms. The molecular weight excluding hydrogens is 377 g/mol. The van der Waals surface area contributed by atoms with Gasteiger partial charge in [0.1, 0.15) is 21.3 Å². The number of aromatic nitrogens is 2. The molecule has 27 heavy (non-hydrogen) atoms. The summed E-state index contributed by atoms with van der Waals surface area (Å²) in [4.78, 5) is 40.5. The summed E-state index contributed by atoms with van der Waals surface area (Å²) in [5.74, 6) is -1.48. The lowest BCUT2D eigenvalue weighted by molar-refractivity contribution is -0.385. The number of carbonyl (C=O) groups excluding carboxylic acids is 1. The second-order valence-electron chi connectivity index (χ2n) is 6.08. The molecule has 0 N–H and O–H groups in total. The number of nitro benzene ring substituents is 1. The number of ether oxygens (including phenoxy) is 1. The fourth-order valence-corrected chi connectivity index (χ4v) is 4.20. The van der Waals surface area contributed by atoms with Gasteiger partial charge < -0.3 is 4.74 Å². The van der Waals surface area contributed by atoms with Crippen LogP contribution in [0.15, 0.2) is 23.0 Å². The number of hydrogen-bond donors (Lipinski definition) is 0. The molecule has 0 fully saturated rings. The summed E-state index contributed by atoms with van der Waals surface area (Å²) in [6.45, 7) is 2.18. The minimum atomic E-state index is -0.895. The topological polar surface area (TPSA) is 104 Å². The Balaban J connectivity index is 1.78. The van der Waals surface area contributed by atoms with Crippen LogP contribution < -0.4 is 10.3 Å². The number of nitrogens with zero attached hydrogens (tertiary/aromatic N) is 3. The summed E-state index contributed by atoms with van der Waals surface area (Å²) < 4.78 is 20.1. The Hall–Kier alpha value is -3.14. The quantitative estimate of drug-likeness (QED) is 0.295.